The number of methoxy groups -OCH3 is 2. The van der Waals surface area contributed by atoms with Gasteiger partial charge in [0.25, 0.3) is 0 Å². The van der Waals surface area contributed by atoms with E-state index in [1.54, 1.807) is 6.07 Å². The van der Waals surface area contributed by atoms with E-state index in [-0.39, 0.29) is 12.1 Å². The van der Waals surface area contributed by atoms with Gasteiger partial charge in [-0.1, -0.05) is 18.2 Å². The summed E-state index contributed by atoms with van der Waals surface area (Å²) in [6.07, 6.45) is -0.155. The second-order valence-corrected chi connectivity index (χ2v) is 4.62. The molecule has 2 aromatic rings. The van der Waals surface area contributed by atoms with Crippen LogP contribution in [0.2, 0.25) is 0 Å². The first kappa shape index (κ1) is 15.5. The number of carbonyl (C=O) groups is 2. The first-order valence-electron chi connectivity index (χ1n) is 6.55. The van der Waals surface area contributed by atoms with E-state index in [2.05, 4.69) is 19.2 Å². The number of nitrogens with one attached hydrogen (secondary N) is 1. The number of aromatic amines is 1. The van der Waals surface area contributed by atoms with E-state index in [4.69, 9.17) is 5.53 Å². The number of benzene rings is 1. The average molecular weight is 301 g/mol. The van der Waals surface area contributed by atoms with E-state index in [1.807, 2.05) is 24.3 Å². The van der Waals surface area contributed by atoms with Crippen molar-refractivity contribution in [2.75, 3.05) is 14.2 Å². The number of fused-ring (bicyclic) bond motifs is 1. The fraction of sp³-hybridized carbons (Fsp3) is 0.267. The van der Waals surface area contributed by atoms with Crippen molar-refractivity contribution >= 4 is 28.6 Å². The number of para-hydroxylation sites is 1. The number of H-pyrrole nitrogens is 1. The monoisotopic (exact) mass is 301 g/mol. The fourth-order valence-corrected chi connectivity index (χ4v) is 2.24. The maximum atomic E-state index is 11.8. The van der Waals surface area contributed by atoms with Crippen LogP contribution in [0, 0.1) is 0 Å². The van der Waals surface area contributed by atoms with Gasteiger partial charge in [0.05, 0.1) is 20.6 Å². The molecule has 114 valence electrons. The Morgan fingerprint density at radius 3 is 2.59 bits per heavy atom. The molecule has 1 aromatic carbocycles. The van der Waals surface area contributed by atoms with Crippen molar-refractivity contribution in [3.63, 3.8) is 0 Å². The van der Waals surface area contributed by atoms with Gasteiger partial charge < -0.3 is 20.0 Å². The number of hydrogen-bond acceptors (Lipinski definition) is 4. The highest BCUT2D eigenvalue weighted by Gasteiger charge is 2.36. The molecule has 2 rings (SSSR count). The molecule has 1 aromatic heterocycles. The zero-order chi connectivity index (χ0) is 16.1. The third-order valence-electron chi connectivity index (χ3n) is 3.36. The Labute approximate surface area is 126 Å². The molecule has 0 saturated carbocycles. The average Bonchev–Trinajstić information content (AvgIpc) is 2.97. The van der Waals surface area contributed by atoms with Crippen LogP contribution in [0.4, 0.5) is 0 Å². The summed E-state index contributed by atoms with van der Waals surface area (Å²) in [5.41, 5.74) is 10.3. The first-order valence-corrected chi connectivity index (χ1v) is 6.55. The molecule has 7 heteroatoms. The van der Waals surface area contributed by atoms with Gasteiger partial charge in [-0.2, -0.15) is 4.79 Å². The molecule has 1 heterocycles. The predicted molar refractivity (Wildman–Crippen MR) is 78.3 cm³/mol. The van der Waals surface area contributed by atoms with E-state index in [1.165, 1.54) is 14.2 Å². The van der Waals surface area contributed by atoms with Gasteiger partial charge >= 0.3 is 17.7 Å². The highest BCUT2D eigenvalue weighted by Crippen LogP contribution is 2.25. The lowest BCUT2D eigenvalue weighted by molar-refractivity contribution is -0.141. The van der Waals surface area contributed by atoms with E-state index in [0.717, 1.165) is 10.9 Å². The SMILES string of the molecule is COC(=O)CC(C(=[N+]=[N-])C(=O)OC)c1cc2ccccc2[nH]1. The number of nitrogens with zero attached hydrogens (tertiary/aromatic N) is 2. The number of aromatic nitrogens is 1. The molecule has 1 N–H and O–H groups in total. The molecule has 1 unspecified atom stereocenters. The van der Waals surface area contributed by atoms with Gasteiger partial charge in [-0.25, -0.2) is 4.79 Å². The van der Waals surface area contributed by atoms with E-state index < -0.39 is 17.9 Å². The van der Waals surface area contributed by atoms with Crippen molar-refractivity contribution in [3.05, 3.63) is 41.6 Å². The summed E-state index contributed by atoms with van der Waals surface area (Å²) in [7, 11) is 2.42. The highest BCUT2D eigenvalue weighted by molar-refractivity contribution is 6.36. The number of esters is 2. The Bertz CT molecular complexity index is 726. The fourth-order valence-electron chi connectivity index (χ4n) is 2.24. The maximum absolute atomic E-state index is 11.8. The standard InChI is InChI=1S/C15H15N3O4/c1-21-13(19)8-10(14(18-16)15(20)22-2)12-7-9-5-3-4-6-11(9)17-12/h3-7,10,17H,8H2,1-2H3. The second-order valence-electron chi connectivity index (χ2n) is 4.62. The second kappa shape index (κ2) is 6.69. The van der Waals surface area contributed by atoms with Gasteiger partial charge in [-0.05, 0) is 17.5 Å². The van der Waals surface area contributed by atoms with Crippen molar-refractivity contribution in [1.82, 2.24) is 4.98 Å². The van der Waals surface area contributed by atoms with Gasteiger partial charge in [-0.15, -0.1) is 0 Å². The zero-order valence-electron chi connectivity index (χ0n) is 12.2. The number of carbonyl (C=O) groups excluding carboxylic acids is 2. The summed E-state index contributed by atoms with van der Waals surface area (Å²) >= 11 is 0. The van der Waals surface area contributed by atoms with Crippen LogP contribution in [0.25, 0.3) is 16.4 Å². The van der Waals surface area contributed by atoms with Gasteiger partial charge in [0.15, 0.2) is 0 Å². The first-order chi connectivity index (χ1) is 10.6. The molecule has 0 radical (unpaired) electrons. The van der Waals surface area contributed by atoms with Crippen molar-refractivity contribution < 1.29 is 23.9 Å². The van der Waals surface area contributed by atoms with Crippen LogP contribution in [-0.2, 0) is 19.1 Å². The Kier molecular flexibility index (Phi) is 4.70. The number of rotatable bonds is 5. The molecule has 0 aliphatic carbocycles. The highest BCUT2D eigenvalue weighted by atomic mass is 16.5. The van der Waals surface area contributed by atoms with Crippen LogP contribution in [-0.4, -0.2) is 41.6 Å². The van der Waals surface area contributed by atoms with Gasteiger partial charge in [0.1, 0.15) is 5.92 Å². The molecule has 0 spiro atoms. The lowest BCUT2D eigenvalue weighted by Crippen LogP contribution is -2.27. The molecule has 0 aliphatic heterocycles. The normalized spacial score (nSPS) is 11.5. The van der Waals surface area contributed by atoms with Crippen molar-refractivity contribution in [3.8, 4) is 0 Å². The molecule has 0 saturated heterocycles. The minimum absolute atomic E-state index is 0.155. The lowest BCUT2D eigenvalue weighted by Gasteiger charge is -2.09. The van der Waals surface area contributed by atoms with Crippen LogP contribution >= 0.6 is 0 Å². The quantitative estimate of drug-likeness (QED) is 0.392. The van der Waals surface area contributed by atoms with Gasteiger partial charge in [-0.3, -0.25) is 4.79 Å². The van der Waals surface area contributed by atoms with Crippen molar-refractivity contribution in [2.24, 2.45) is 0 Å². The Morgan fingerprint density at radius 1 is 1.27 bits per heavy atom. The molecule has 0 bridgehead atoms. The molecule has 1 atom stereocenters. The Balaban J connectivity index is 2.49. The molecular weight excluding hydrogens is 286 g/mol. The Morgan fingerprint density at radius 2 is 2.00 bits per heavy atom. The Hall–Kier alpha value is -2.92. The molecule has 0 fully saturated rings. The summed E-state index contributed by atoms with van der Waals surface area (Å²) < 4.78 is 9.24. The minimum Gasteiger partial charge on any atom is -0.469 e. The molecule has 0 amide bonds. The smallest absolute Gasteiger partial charge is 0.417 e. The summed E-state index contributed by atoms with van der Waals surface area (Å²) in [4.78, 5) is 29.5. The van der Waals surface area contributed by atoms with Crippen molar-refractivity contribution in [1.29, 1.82) is 0 Å². The largest absolute Gasteiger partial charge is 0.469 e. The summed E-state index contributed by atoms with van der Waals surface area (Å²) in [6.45, 7) is 0. The number of ether oxygens (including phenoxy) is 2. The van der Waals surface area contributed by atoms with E-state index in [9.17, 15) is 9.59 Å². The molecule has 0 aliphatic rings. The van der Waals surface area contributed by atoms with Crippen LogP contribution in [0.1, 0.15) is 18.0 Å². The van der Waals surface area contributed by atoms with Crippen LogP contribution in [0.15, 0.2) is 30.3 Å². The van der Waals surface area contributed by atoms with Crippen molar-refractivity contribution in [2.45, 2.75) is 12.3 Å². The van der Waals surface area contributed by atoms with Crippen LogP contribution < -0.4 is 0 Å². The summed E-state index contributed by atoms with van der Waals surface area (Å²) in [5.74, 6) is -2.14. The third kappa shape index (κ3) is 3.05. The summed E-state index contributed by atoms with van der Waals surface area (Å²) in [6, 6.07) is 9.27. The van der Waals surface area contributed by atoms with Gasteiger partial charge in [0, 0.05) is 11.2 Å². The topological polar surface area (TPSA) is 105 Å². The zero-order valence-corrected chi connectivity index (χ0v) is 12.2. The predicted octanol–water partition coefficient (Wildman–Crippen LogP) is 1.66. The molecular formula is C15H15N3O4. The van der Waals surface area contributed by atoms with Crippen LogP contribution in [0.3, 0.4) is 0 Å². The molecule has 22 heavy (non-hydrogen) atoms. The molecule has 7 nitrogen and oxygen atoms in total. The number of hydrogen-bond donors (Lipinski definition) is 1. The van der Waals surface area contributed by atoms with E-state index >= 15 is 0 Å². The third-order valence-corrected chi connectivity index (χ3v) is 3.36. The van der Waals surface area contributed by atoms with Gasteiger partial charge in [0.2, 0.25) is 0 Å². The van der Waals surface area contributed by atoms with E-state index in [0.29, 0.717) is 5.69 Å². The van der Waals surface area contributed by atoms with Crippen LogP contribution in [0.5, 0.6) is 0 Å². The minimum atomic E-state index is -0.810. The maximum Gasteiger partial charge on any atom is 0.417 e. The summed E-state index contributed by atoms with van der Waals surface area (Å²) in [5, 5.41) is 0.912. The lowest BCUT2D eigenvalue weighted by atomic mass is 9.95.